The first-order valence-electron chi connectivity index (χ1n) is 10.5. The van der Waals surface area contributed by atoms with E-state index in [1.165, 1.54) is 10.4 Å². The maximum absolute atomic E-state index is 14.1. The van der Waals surface area contributed by atoms with Crippen molar-refractivity contribution in [1.29, 1.82) is 0 Å². The summed E-state index contributed by atoms with van der Waals surface area (Å²) in [5.74, 6) is -0.557. The zero-order chi connectivity index (χ0) is 22.3. The number of hydrogen-bond acceptors (Lipinski definition) is 4. The monoisotopic (exact) mass is 451 g/mol. The number of benzene rings is 3. The number of carbonyl (C=O) groups is 1. The van der Waals surface area contributed by atoms with Gasteiger partial charge in [-0.2, -0.15) is 0 Å². The highest BCUT2D eigenvalue weighted by atomic mass is 32.2. The molecular weight excluding hydrogens is 429 g/mol. The molecule has 1 saturated heterocycles. The van der Waals surface area contributed by atoms with Gasteiger partial charge >= 0.3 is 0 Å². The summed E-state index contributed by atoms with van der Waals surface area (Å²) in [5, 5.41) is 0. The van der Waals surface area contributed by atoms with Crippen LogP contribution >= 0.6 is 0 Å². The van der Waals surface area contributed by atoms with Gasteiger partial charge in [0.05, 0.1) is 16.3 Å². The number of sulfonamides is 1. The van der Waals surface area contributed by atoms with Crippen molar-refractivity contribution in [1.82, 2.24) is 4.90 Å². The summed E-state index contributed by atoms with van der Waals surface area (Å²) in [5.41, 5.74) is 2.45. The lowest BCUT2D eigenvalue weighted by atomic mass is 10.0. The smallest absolute Gasteiger partial charge is 0.265 e. The van der Waals surface area contributed by atoms with Gasteiger partial charge in [0.25, 0.3) is 10.0 Å². The SMILES string of the molecule is O=C(CN1c2ccccc2-c2ccccc2S1(=O)=O)N1CCN(c2ccccc2F)CC1. The van der Waals surface area contributed by atoms with Gasteiger partial charge in [0.1, 0.15) is 12.4 Å². The fourth-order valence-corrected chi connectivity index (χ4v) is 6.02. The molecule has 1 fully saturated rings. The third-order valence-corrected chi connectivity index (χ3v) is 7.84. The van der Waals surface area contributed by atoms with Crippen molar-refractivity contribution in [2.24, 2.45) is 0 Å². The number of halogens is 1. The van der Waals surface area contributed by atoms with Gasteiger partial charge in [0.2, 0.25) is 5.91 Å². The van der Waals surface area contributed by atoms with Crippen LogP contribution < -0.4 is 9.21 Å². The summed E-state index contributed by atoms with van der Waals surface area (Å²) < 4.78 is 42.0. The quantitative estimate of drug-likeness (QED) is 0.613. The number of nitrogens with zero attached hydrogens (tertiary/aromatic N) is 3. The Kier molecular flexibility index (Phi) is 5.09. The van der Waals surface area contributed by atoms with Gasteiger partial charge in [0, 0.05) is 37.3 Å². The second-order valence-corrected chi connectivity index (χ2v) is 9.67. The van der Waals surface area contributed by atoms with Crippen molar-refractivity contribution in [3.05, 3.63) is 78.6 Å². The molecule has 5 rings (SSSR count). The van der Waals surface area contributed by atoms with E-state index in [1.807, 2.05) is 17.0 Å². The minimum absolute atomic E-state index is 0.205. The molecule has 0 aromatic heterocycles. The lowest BCUT2D eigenvalue weighted by Gasteiger charge is -2.38. The van der Waals surface area contributed by atoms with Crippen LogP contribution in [0.2, 0.25) is 0 Å². The molecule has 2 aliphatic rings. The van der Waals surface area contributed by atoms with Gasteiger partial charge in [-0.05, 0) is 24.3 Å². The molecule has 0 atom stereocenters. The summed E-state index contributed by atoms with van der Waals surface area (Å²) in [7, 11) is -3.86. The van der Waals surface area contributed by atoms with Crippen LogP contribution in [0.25, 0.3) is 11.1 Å². The van der Waals surface area contributed by atoms with E-state index in [0.29, 0.717) is 43.1 Å². The van der Waals surface area contributed by atoms with Gasteiger partial charge in [-0.1, -0.05) is 48.5 Å². The van der Waals surface area contributed by atoms with E-state index in [-0.39, 0.29) is 23.2 Å². The van der Waals surface area contributed by atoms with Crippen molar-refractivity contribution in [3.8, 4) is 11.1 Å². The molecule has 3 aromatic carbocycles. The standard InChI is InChI=1S/C24H22FN3O3S/c25-20-9-3-5-11-22(20)26-13-15-27(16-14-26)24(29)17-28-21-10-4-1-7-18(21)19-8-2-6-12-23(19)32(28,30)31/h1-12H,13-17H2. The van der Waals surface area contributed by atoms with Crippen LogP contribution in [0.5, 0.6) is 0 Å². The summed E-state index contributed by atoms with van der Waals surface area (Å²) in [6.07, 6.45) is 0. The van der Waals surface area contributed by atoms with Crippen molar-refractivity contribution < 1.29 is 17.6 Å². The molecule has 0 bridgehead atoms. The Morgan fingerprint density at radius 1 is 0.781 bits per heavy atom. The van der Waals surface area contributed by atoms with Crippen molar-refractivity contribution in [2.75, 3.05) is 41.9 Å². The van der Waals surface area contributed by atoms with Gasteiger partial charge in [-0.25, -0.2) is 12.8 Å². The topological polar surface area (TPSA) is 60.9 Å². The van der Waals surface area contributed by atoms with E-state index < -0.39 is 10.0 Å². The first-order chi connectivity index (χ1) is 15.5. The van der Waals surface area contributed by atoms with Gasteiger partial charge in [-0.15, -0.1) is 0 Å². The number of rotatable bonds is 3. The minimum Gasteiger partial charge on any atom is -0.366 e. The molecule has 8 heteroatoms. The Bertz CT molecular complexity index is 1290. The second kappa shape index (κ2) is 7.94. The average Bonchev–Trinajstić information content (AvgIpc) is 2.82. The Morgan fingerprint density at radius 3 is 2.09 bits per heavy atom. The van der Waals surface area contributed by atoms with E-state index in [1.54, 1.807) is 59.5 Å². The average molecular weight is 452 g/mol. The van der Waals surface area contributed by atoms with Crippen molar-refractivity contribution in [2.45, 2.75) is 4.90 Å². The zero-order valence-electron chi connectivity index (χ0n) is 17.3. The predicted molar refractivity (Wildman–Crippen MR) is 122 cm³/mol. The Balaban J connectivity index is 1.37. The number of hydrogen-bond donors (Lipinski definition) is 0. The molecule has 164 valence electrons. The molecular formula is C24H22FN3O3S. The number of piperazine rings is 1. The third-order valence-electron chi connectivity index (χ3n) is 6.02. The molecule has 0 aliphatic carbocycles. The lowest BCUT2D eigenvalue weighted by molar-refractivity contribution is -0.129. The number of para-hydroxylation sites is 2. The highest BCUT2D eigenvalue weighted by Gasteiger charge is 2.36. The fourth-order valence-electron chi connectivity index (χ4n) is 4.38. The molecule has 6 nitrogen and oxygen atoms in total. The molecule has 0 unspecified atom stereocenters. The highest BCUT2D eigenvalue weighted by Crippen LogP contribution is 2.42. The molecule has 0 radical (unpaired) electrons. The summed E-state index contributed by atoms with van der Waals surface area (Å²) >= 11 is 0. The zero-order valence-corrected chi connectivity index (χ0v) is 18.1. The van der Waals surface area contributed by atoms with Crippen LogP contribution in [-0.4, -0.2) is 51.9 Å². The maximum Gasteiger partial charge on any atom is 0.265 e. The van der Waals surface area contributed by atoms with Crippen LogP contribution in [0, 0.1) is 5.82 Å². The number of fused-ring (bicyclic) bond motifs is 3. The minimum atomic E-state index is -3.86. The fraction of sp³-hybridized carbons (Fsp3) is 0.208. The lowest BCUT2D eigenvalue weighted by Crippen LogP contribution is -2.52. The molecule has 0 N–H and O–H groups in total. The van der Waals surface area contributed by atoms with E-state index >= 15 is 0 Å². The Morgan fingerprint density at radius 2 is 1.38 bits per heavy atom. The molecule has 0 saturated carbocycles. The van der Waals surface area contributed by atoms with Crippen LogP contribution in [0.4, 0.5) is 15.8 Å². The normalized spacial score (nSPS) is 17.0. The molecule has 2 aliphatic heterocycles. The van der Waals surface area contributed by atoms with Crippen molar-refractivity contribution in [3.63, 3.8) is 0 Å². The van der Waals surface area contributed by atoms with Gasteiger partial charge in [0.15, 0.2) is 0 Å². The largest absolute Gasteiger partial charge is 0.366 e. The predicted octanol–water partition coefficient (Wildman–Crippen LogP) is 3.35. The van der Waals surface area contributed by atoms with E-state index in [0.717, 1.165) is 5.56 Å². The van der Waals surface area contributed by atoms with Crippen LogP contribution in [0.1, 0.15) is 0 Å². The van der Waals surface area contributed by atoms with E-state index in [9.17, 15) is 17.6 Å². The highest BCUT2D eigenvalue weighted by molar-refractivity contribution is 7.93. The van der Waals surface area contributed by atoms with Gasteiger partial charge in [-0.3, -0.25) is 9.10 Å². The molecule has 32 heavy (non-hydrogen) atoms. The van der Waals surface area contributed by atoms with Crippen LogP contribution in [0.15, 0.2) is 77.7 Å². The Hall–Kier alpha value is -3.39. The van der Waals surface area contributed by atoms with E-state index in [2.05, 4.69) is 0 Å². The molecule has 2 heterocycles. The molecule has 3 aromatic rings. The third kappa shape index (κ3) is 3.40. The second-order valence-electron chi connectivity index (χ2n) is 7.84. The molecule has 1 amide bonds. The van der Waals surface area contributed by atoms with Crippen LogP contribution in [0.3, 0.4) is 0 Å². The van der Waals surface area contributed by atoms with Crippen LogP contribution in [-0.2, 0) is 14.8 Å². The first kappa shape index (κ1) is 20.5. The number of carbonyl (C=O) groups excluding carboxylic acids is 1. The maximum atomic E-state index is 14.1. The number of anilines is 2. The summed E-state index contributed by atoms with van der Waals surface area (Å²) in [6, 6.07) is 20.7. The summed E-state index contributed by atoms with van der Waals surface area (Å²) in [6.45, 7) is 1.50. The number of amides is 1. The van der Waals surface area contributed by atoms with E-state index in [4.69, 9.17) is 0 Å². The Labute approximate surface area is 186 Å². The summed E-state index contributed by atoms with van der Waals surface area (Å²) in [4.78, 5) is 16.9. The van der Waals surface area contributed by atoms with Crippen molar-refractivity contribution >= 4 is 27.3 Å². The van der Waals surface area contributed by atoms with Gasteiger partial charge < -0.3 is 9.80 Å². The molecule has 0 spiro atoms. The first-order valence-corrected chi connectivity index (χ1v) is 11.9.